The lowest BCUT2D eigenvalue weighted by Gasteiger charge is -2.40. The van der Waals surface area contributed by atoms with E-state index in [4.69, 9.17) is 9.47 Å². The van der Waals surface area contributed by atoms with Crippen LogP contribution in [0.4, 0.5) is 0 Å². The van der Waals surface area contributed by atoms with E-state index in [9.17, 15) is 0 Å². The van der Waals surface area contributed by atoms with Crippen LogP contribution in [0.25, 0.3) is 0 Å². The molecular formula is C21H18O2. The normalized spacial score (nSPS) is 14.5. The molecule has 0 fully saturated rings. The lowest BCUT2D eigenvalue weighted by molar-refractivity contribution is 0.0147. The van der Waals surface area contributed by atoms with Crippen molar-refractivity contribution in [3.63, 3.8) is 0 Å². The Kier molecular flexibility index (Phi) is 3.40. The predicted octanol–water partition coefficient (Wildman–Crippen LogP) is 5.12. The van der Waals surface area contributed by atoms with Crippen LogP contribution in [-0.4, -0.2) is 6.61 Å². The molecule has 0 radical (unpaired) electrons. The van der Waals surface area contributed by atoms with Gasteiger partial charge in [-0.2, -0.15) is 0 Å². The zero-order valence-electron chi connectivity index (χ0n) is 13.0. The molecule has 0 aliphatic carbocycles. The van der Waals surface area contributed by atoms with Crippen molar-refractivity contribution in [1.29, 1.82) is 0 Å². The van der Waals surface area contributed by atoms with Gasteiger partial charge in [0.2, 0.25) is 0 Å². The fourth-order valence-corrected chi connectivity index (χ4v) is 3.40. The molecule has 3 aromatic carbocycles. The maximum absolute atomic E-state index is 6.43. The van der Waals surface area contributed by atoms with Crippen molar-refractivity contribution < 1.29 is 9.47 Å². The van der Waals surface area contributed by atoms with E-state index >= 15 is 0 Å². The molecule has 23 heavy (non-hydrogen) atoms. The third-order valence-corrected chi connectivity index (χ3v) is 4.29. The average Bonchev–Trinajstić information content (AvgIpc) is 2.62. The maximum Gasteiger partial charge on any atom is 0.150 e. The Labute approximate surface area is 136 Å². The number of hydrogen-bond acceptors (Lipinski definition) is 2. The highest BCUT2D eigenvalue weighted by molar-refractivity contribution is 5.61. The predicted molar refractivity (Wildman–Crippen MR) is 90.9 cm³/mol. The number of hydrogen-bond donors (Lipinski definition) is 0. The number of benzene rings is 3. The Balaban J connectivity index is 2.08. The molecule has 0 amide bonds. The van der Waals surface area contributed by atoms with E-state index < -0.39 is 5.60 Å². The minimum atomic E-state index is -0.637. The van der Waals surface area contributed by atoms with Crippen LogP contribution in [0.15, 0.2) is 78.9 Å². The number of rotatable bonds is 3. The third-order valence-electron chi connectivity index (χ3n) is 4.29. The standard InChI is InChI=1S/C21H18O2/c1-2-22-21(16-10-4-3-5-11-16)17-12-6-8-14-19(17)23-20-15-9-7-13-18(20)21/h3-15H,2H2,1H3. The van der Waals surface area contributed by atoms with Crippen molar-refractivity contribution in [2.24, 2.45) is 0 Å². The van der Waals surface area contributed by atoms with Crippen LogP contribution in [-0.2, 0) is 10.3 Å². The molecule has 0 N–H and O–H groups in total. The molecule has 4 rings (SSSR count). The topological polar surface area (TPSA) is 18.5 Å². The van der Waals surface area contributed by atoms with Crippen LogP contribution >= 0.6 is 0 Å². The van der Waals surface area contributed by atoms with Crippen LogP contribution in [0.1, 0.15) is 23.6 Å². The molecule has 2 nitrogen and oxygen atoms in total. The third kappa shape index (κ3) is 2.07. The minimum absolute atomic E-state index is 0.609. The van der Waals surface area contributed by atoms with E-state index in [1.54, 1.807) is 0 Å². The van der Waals surface area contributed by atoms with Gasteiger partial charge in [-0.25, -0.2) is 0 Å². The molecule has 2 heteroatoms. The second-order valence-electron chi connectivity index (χ2n) is 5.57. The van der Waals surface area contributed by atoms with Crippen molar-refractivity contribution in [1.82, 2.24) is 0 Å². The first-order valence-corrected chi connectivity index (χ1v) is 7.92. The molecule has 0 spiro atoms. The van der Waals surface area contributed by atoms with Gasteiger partial charge in [-0.1, -0.05) is 66.7 Å². The van der Waals surface area contributed by atoms with Gasteiger partial charge >= 0.3 is 0 Å². The summed E-state index contributed by atoms with van der Waals surface area (Å²) in [6.45, 7) is 2.64. The van der Waals surface area contributed by atoms with Crippen molar-refractivity contribution >= 4 is 0 Å². The van der Waals surface area contributed by atoms with Crippen LogP contribution < -0.4 is 4.74 Å². The average molecular weight is 302 g/mol. The van der Waals surface area contributed by atoms with Crippen molar-refractivity contribution in [2.75, 3.05) is 6.61 Å². The molecule has 0 saturated heterocycles. The first-order valence-electron chi connectivity index (χ1n) is 7.92. The molecular weight excluding hydrogens is 284 g/mol. The smallest absolute Gasteiger partial charge is 0.150 e. The molecule has 114 valence electrons. The lowest BCUT2D eigenvalue weighted by atomic mass is 9.78. The number of para-hydroxylation sites is 2. The van der Waals surface area contributed by atoms with Gasteiger partial charge in [0.05, 0.1) is 0 Å². The molecule has 0 unspecified atom stereocenters. The largest absolute Gasteiger partial charge is 0.457 e. The van der Waals surface area contributed by atoms with E-state index in [2.05, 4.69) is 36.4 Å². The zero-order chi connectivity index (χ0) is 15.7. The first-order chi connectivity index (χ1) is 11.4. The van der Waals surface area contributed by atoms with Gasteiger partial charge in [-0.05, 0) is 24.6 Å². The summed E-state index contributed by atoms with van der Waals surface area (Å²) in [5.74, 6) is 1.70. The quantitative estimate of drug-likeness (QED) is 0.668. The summed E-state index contributed by atoms with van der Waals surface area (Å²) in [5.41, 5.74) is 2.57. The van der Waals surface area contributed by atoms with E-state index in [1.807, 2.05) is 49.4 Å². The van der Waals surface area contributed by atoms with E-state index in [0.29, 0.717) is 6.61 Å². The minimum Gasteiger partial charge on any atom is -0.457 e. The summed E-state index contributed by atoms with van der Waals surface area (Å²) < 4.78 is 12.5. The molecule has 0 saturated carbocycles. The summed E-state index contributed by atoms with van der Waals surface area (Å²) in [7, 11) is 0. The monoisotopic (exact) mass is 302 g/mol. The maximum atomic E-state index is 6.43. The fourth-order valence-electron chi connectivity index (χ4n) is 3.40. The fraction of sp³-hybridized carbons (Fsp3) is 0.143. The highest BCUT2D eigenvalue weighted by atomic mass is 16.5. The van der Waals surface area contributed by atoms with Gasteiger partial charge < -0.3 is 9.47 Å². The molecule has 0 atom stereocenters. The van der Waals surface area contributed by atoms with Gasteiger partial charge in [0.15, 0.2) is 5.60 Å². The Morgan fingerprint density at radius 3 is 1.83 bits per heavy atom. The SMILES string of the molecule is CCOC1(c2ccccc2)c2ccccc2Oc2ccccc21. The summed E-state index contributed by atoms with van der Waals surface area (Å²) in [4.78, 5) is 0. The molecule has 3 aromatic rings. The summed E-state index contributed by atoms with van der Waals surface area (Å²) in [6.07, 6.45) is 0. The van der Waals surface area contributed by atoms with E-state index in [1.165, 1.54) is 0 Å². The van der Waals surface area contributed by atoms with Crippen molar-refractivity contribution in [3.05, 3.63) is 95.6 Å². The molecule has 0 aromatic heterocycles. The second-order valence-corrected chi connectivity index (χ2v) is 5.57. The molecule has 0 bridgehead atoms. The Bertz CT molecular complexity index is 779. The van der Waals surface area contributed by atoms with Gasteiger partial charge in [-0.3, -0.25) is 0 Å². The van der Waals surface area contributed by atoms with Crippen LogP contribution in [0, 0.1) is 0 Å². The number of fused-ring (bicyclic) bond motifs is 2. The zero-order valence-corrected chi connectivity index (χ0v) is 13.0. The Hall–Kier alpha value is -2.58. The van der Waals surface area contributed by atoms with E-state index in [-0.39, 0.29) is 0 Å². The van der Waals surface area contributed by atoms with Crippen molar-refractivity contribution in [2.45, 2.75) is 12.5 Å². The highest BCUT2D eigenvalue weighted by Gasteiger charge is 2.44. The van der Waals surface area contributed by atoms with Gasteiger partial charge in [0.25, 0.3) is 0 Å². The summed E-state index contributed by atoms with van der Waals surface area (Å²) >= 11 is 0. The van der Waals surface area contributed by atoms with E-state index in [0.717, 1.165) is 28.2 Å². The van der Waals surface area contributed by atoms with Crippen LogP contribution in [0.3, 0.4) is 0 Å². The van der Waals surface area contributed by atoms with Gasteiger partial charge in [0.1, 0.15) is 11.5 Å². The molecule has 1 heterocycles. The molecule has 1 aliphatic heterocycles. The first kappa shape index (κ1) is 14.0. The second kappa shape index (κ2) is 5.56. The summed E-state index contributed by atoms with van der Waals surface area (Å²) in [5, 5.41) is 0. The molecule has 1 aliphatic rings. The van der Waals surface area contributed by atoms with Crippen molar-refractivity contribution in [3.8, 4) is 11.5 Å². The van der Waals surface area contributed by atoms with Gasteiger partial charge in [0, 0.05) is 17.7 Å². The van der Waals surface area contributed by atoms with Gasteiger partial charge in [-0.15, -0.1) is 0 Å². The summed E-state index contributed by atoms with van der Waals surface area (Å²) in [6, 6.07) is 26.6. The van der Waals surface area contributed by atoms with Crippen LogP contribution in [0.2, 0.25) is 0 Å². The Morgan fingerprint density at radius 1 is 0.739 bits per heavy atom. The highest BCUT2D eigenvalue weighted by Crippen LogP contribution is 2.52. The van der Waals surface area contributed by atoms with Crippen LogP contribution in [0.5, 0.6) is 11.5 Å². The lowest BCUT2D eigenvalue weighted by Crippen LogP contribution is -2.35. The number of ether oxygens (including phenoxy) is 2. The Morgan fingerprint density at radius 2 is 1.26 bits per heavy atom.